The summed E-state index contributed by atoms with van der Waals surface area (Å²) in [6.45, 7) is 0. The van der Waals surface area contributed by atoms with E-state index in [1.807, 2.05) is 0 Å². The van der Waals surface area contributed by atoms with Gasteiger partial charge in [0.25, 0.3) is 5.54 Å². The molecule has 1 aromatic carbocycles. The Morgan fingerprint density at radius 1 is 1.47 bits per heavy atom. The average molecular weight is 234 g/mol. The third-order valence-electron chi connectivity index (χ3n) is 2.84. The van der Waals surface area contributed by atoms with Crippen molar-refractivity contribution >= 4 is 5.69 Å². The molecular weight excluding hydrogens is 223 g/mol. The Kier molecular flexibility index (Phi) is 2.67. The number of hydrogen-bond donors (Lipinski definition) is 1. The monoisotopic (exact) mass is 234 g/mol. The summed E-state index contributed by atoms with van der Waals surface area (Å²) in [4.78, 5) is 10.8. The van der Waals surface area contributed by atoms with Crippen molar-refractivity contribution in [2.45, 2.75) is 12.0 Å². The molecule has 1 aliphatic carbocycles. The van der Waals surface area contributed by atoms with Crippen LogP contribution in [0.15, 0.2) is 48.3 Å². The van der Waals surface area contributed by atoms with Gasteiger partial charge in [-0.1, -0.05) is 12.1 Å². The Hall–Kier alpha value is -2.17. The van der Waals surface area contributed by atoms with Gasteiger partial charge >= 0.3 is 0 Å². The van der Waals surface area contributed by atoms with Crippen molar-refractivity contribution in [3.8, 4) is 0 Å². The van der Waals surface area contributed by atoms with Gasteiger partial charge in [0, 0.05) is 22.6 Å². The molecule has 0 fully saturated rings. The molecule has 88 valence electrons. The largest absolute Gasteiger partial charge is 0.399 e. The maximum atomic E-state index is 12.9. The number of nitrogens with two attached hydrogens (primary N) is 1. The molecule has 0 amide bonds. The minimum atomic E-state index is -1.41. The van der Waals surface area contributed by atoms with E-state index in [0.29, 0.717) is 11.3 Å². The highest BCUT2D eigenvalue weighted by Gasteiger charge is 2.42. The molecule has 0 bridgehead atoms. The first-order valence-electron chi connectivity index (χ1n) is 5.10. The number of hydrogen-bond acceptors (Lipinski definition) is 3. The molecule has 0 aliphatic heterocycles. The molecule has 17 heavy (non-hydrogen) atoms. The van der Waals surface area contributed by atoms with E-state index in [-0.39, 0.29) is 6.42 Å². The van der Waals surface area contributed by atoms with E-state index in [0.717, 1.165) is 6.08 Å². The van der Waals surface area contributed by atoms with Crippen LogP contribution < -0.4 is 5.73 Å². The lowest BCUT2D eigenvalue weighted by molar-refractivity contribution is -0.563. The third-order valence-corrected chi connectivity index (χ3v) is 2.84. The molecular formula is C12H11FN2O2. The van der Waals surface area contributed by atoms with Crippen LogP contribution in [0.4, 0.5) is 10.1 Å². The maximum absolute atomic E-state index is 12.9. The average Bonchev–Trinajstić information content (AvgIpc) is 2.30. The van der Waals surface area contributed by atoms with Crippen molar-refractivity contribution in [2.75, 3.05) is 5.73 Å². The Balaban J connectivity index is 2.51. The second-order valence-electron chi connectivity index (χ2n) is 3.93. The summed E-state index contributed by atoms with van der Waals surface area (Å²) in [6.07, 6.45) is 3.60. The summed E-state index contributed by atoms with van der Waals surface area (Å²) in [5.74, 6) is -0.452. The first-order valence-corrected chi connectivity index (χ1v) is 5.10. The molecule has 1 unspecified atom stereocenters. The van der Waals surface area contributed by atoms with Crippen LogP contribution in [0.5, 0.6) is 0 Å². The SMILES string of the molecule is Nc1cccc(C2([N+](=O)[O-])C=CC(F)=CC2)c1. The molecule has 0 aromatic heterocycles. The number of nitrogen functional groups attached to an aromatic ring is 1. The predicted octanol–water partition coefficient (Wildman–Crippen LogP) is 2.55. The van der Waals surface area contributed by atoms with Gasteiger partial charge in [0.2, 0.25) is 0 Å². The summed E-state index contributed by atoms with van der Waals surface area (Å²) >= 11 is 0. The van der Waals surface area contributed by atoms with Gasteiger partial charge in [-0.2, -0.15) is 0 Å². The van der Waals surface area contributed by atoms with E-state index in [9.17, 15) is 14.5 Å². The minimum Gasteiger partial charge on any atom is -0.399 e. The Labute approximate surface area is 97.4 Å². The van der Waals surface area contributed by atoms with Crippen LogP contribution >= 0.6 is 0 Å². The molecule has 0 radical (unpaired) electrons. The Morgan fingerprint density at radius 3 is 2.76 bits per heavy atom. The van der Waals surface area contributed by atoms with Crippen molar-refractivity contribution in [3.05, 3.63) is 64.0 Å². The molecule has 0 heterocycles. The van der Waals surface area contributed by atoms with Gasteiger partial charge in [0.15, 0.2) is 0 Å². The fourth-order valence-electron chi connectivity index (χ4n) is 1.87. The molecule has 0 saturated heterocycles. The normalized spacial score (nSPS) is 23.2. The van der Waals surface area contributed by atoms with Crippen molar-refractivity contribution in [1.29, 1.82) is 0 Å². The van der Waals surface area contributed by atoms with Crippen LogP contribution in [0.1, 0.15) is 12.0 Å². The van der Waals surface area contributed by atoms with Crippen molar-refractivity contribution in [2.24, 2.45) is 0 Å². The highest BCUT2D eigenvalue weighted by molar-refractivity contribution is 5.45. The lowest BCUT2D eigenvalue weighted by atomic mass is 9.84. The highest BCUT2D eigenvalue weighted by Crippen LogP contribution is 2.35. The quantitative estimate of drug-likeness (QED) is 0.485. The van der Waals surface area contributed by atoms with Crippen LogP contribution in [0, 0.1) is 10.1 Å². The van der Waals surface area contributed by atoms with Crippen molar-refractivity contribution < 1.29 is 9.31 Å². The Bertz CT molecular complexity index is 525. The topological polar surface area (TPSA) is 69.2 Å². The molecule has 0 spiro atoms. The van der Waals surface area contributed by atoms with Gasteiger partial charge in [-0.25, -0.2) is 4.39 Å². The predicted molar refractivity (Wildman–Crippen MR) is 62.5 cm³/mol. The summed E-state index contributed by atoms with van der Waals surface area (Å²) in [5.41, 5.74) is 5.12. The molecule has 1 aliphatic rings. The molecule has 4 nitrogen and oxygen atoms in total. The van der Waals surface area contributed by atoms with Crippen LogP contribution in [-0.4, -0.2) is 4.92 Å². The fraction of sp³-hybridized carbons (Fsp3) is 0.167. The summed E-state index contributed by atoms with van der Waals surface area (Å²) in [6, 6.07) is 6.48. The lowest BCUT2D eigenvalue weighted by Gasteiger charge is -2.23. The zero-order valence-corrected chi connectivity index (χ0v) is 8.97. The van der Waals surface area contributed by atoms with E-state index in [4.69, 9.17) is 5.73 Å². The van der Waals surface area contributed by atoms with Gasteiger partial charge in [-0.15, -0.1) is 0 Å². The van der Waals surface area contributed by atoms with Gasteiger partial charge in [0.1, 0.15) is 5.83 Å². The molecule has 0 saturated carbocycles. The first kappa shape index (κ1) is 11.3. The van der Waals surface area contributed by atoms with Gasteiger partial charge in [0.05, 0.1) is 0 Å². The van der Waals surface area contributed by atoms with Crippen LogP contribution in [-0.2, 0) is 5.54 Å². The summed E-state index contributed by atoms with van der Waals surface area (Å²) in [5, 5.41) is 11.3. The molecule has 2 N–H and O–H groups in total. The summed E-state index contributed by atoms with van der Waals surface area (Å²) in [7, 11) is 0. The van der Waals surface area contributed by atoms with Crippen molar-refractivity contribution in [1.82, 2.24) is 0 Å². The van der Waals surface area contributed by atoms with Crippen LogP contribution in [0.25, 0.3) is 0 Å². The maximum Gasteiger partial charge on any atom is 0.269 e. The number of rotatable bonds is 2. The molecule has 5 heteroatoms. The van der Waals surface area contributed by atoms with Crippen LogP contribution in [0.3, 0.4) is 0 Å². The highest BCUT2D eigenvalue weighted by atomic mass is 19.1. The zero-order chi connectivity index (χ0) is 12.5. The van der Waals surface area contributed by atoms with Crippen LogP contribution in [0.2, 0.25) is 0 Å². The number of halogens is 1. The number of nitro groups is 1. The second kappa shape index (κ2) is 4.01. The second-order valence-corrected chi connectivity index (χ2v) is 3.93. The van der Waals surface area contributed by atoms with E-state index in [1.54, 1.807) is 24.3 Å². The third kappa shape index (κ3) is 1.91. The molecule has 2 rings (SSSR count). The fourth-order valence-corrected chi connectivity index (χ4v) is 1.87. The number of anilines is 1. The van der Waals surface area contributed by atoms with E-state index < -0.39 is 16.3 Å². The van der Waals surface area contributed by atoms with Gasteiger partial charge in [-0.3, -0.25) is 10.1 Å². The smallest absolute Gasteiger partial charge is 0.269 e. The molecule has 1 aromatic rings. The number of allylic oxidation sites excluding steroid dienone is 2. The number of benzene rings is 1. The standard InChI is InChI=1S/C12H11FN2O2/c13-10-4-6-12(7-5-10,15(16)17)9-2-1-3-11(14)8-9/h1-6,8H,7,14H2. The zero-order valence-electron chi connectivity index (χ0n) is 8.97. The minimum absolute atomic E-state index is 0.00815. The van der Waals surface area contributed by atoms with E-state index >= 15 is 0 Å². The van der Waals surface area contributed by atoms with E-state index in [1.165, 1.54) is 12.2 Å². The van der Waals surface area contributed by atoms with Crippen molar-refractivity contribution in [3.63, 3.8) is 0 Å². The number of nitrogens with zero attached hydrogens (tertiary/aromatic N) is 1. The Morgan fingerprint density at radius 2 is 2.24 bits per heavy atom. The first-order chi connectivity index (χ1) is 8.04. The van der Waals surface area contributed by atoms with Gasteiger partial charge < -0.3 is 5.73 Å². The van der Waals surface area contributed by atoms with Gasteiger partial charge in [-0.05, 0) is 30.4 Å². The summed E-state index contributed by atoms with van der Waals surface area (Å²) < 4.78 is 12.9. The lowest BCUT2D eigenvalue weighted by Crippen LogP contribution is -2.34. The van der Waals surface area contributed by atoms with E-state index in [2.05, 4.69) is 0 Å². The molecule has 1 atom stereocenters.